The topological polar surface area (TPSA) is 142 Å². The van der Waals surface area contributed by atoms with E-state index in [-0.39, 0.29) is 0 Å². The molecule has 0 rings (SSSR count). The average molecular weight is 212 g/mol. The minimum atomic E-state index is -2.58. The van der Waals surface area contributed by atoms with Crippen molar-refractivity contribution in [2.24, 2.45) is 0 Å². The fourth-order valence-corrected chi connectivity index (χ4v) is 1.04. The predicted octanol–water partition coefficient (Wildman–Crippen LogP) is -4.22. The molecule has 0 aliphatic heterocycles. The van der Waals surface area contributed by atoms with Gasteiger partial charge in [-0.3, -0.25) is 0 Å². The van der Waals surface area contributed by atoms with Gasteiger partial charge in [-0.2, -0.15) is 0 Å². The van der Waals surface area contributed by atoms with Crippen molar-refractivity contribution >= 4 is 0 Å². The van der Waals surface area contributed by atoms with Crippen LogP contribution >= 0.6 is 0 Å². The van der Waals surface area contributed by atoms with Gasteiger partial charge >= 0.3 is 0 Å². The van der Waals surface area contributed by atoms with Crippen LogP contribution < -0.4 is 0 Å². The standard InChI is InChI=1S/C7H16O7/c8-1-5(12)7(14,4-11)6(13,2-9)3-10/h5,8-14H,1-4H2. The Labute approximate surface area is 80.5 Å². The Morgan fingerprint density at radius 1 is 0.857 bits per heavy atom. The normalized spacial score (nSPS) is 19.1. The molecule has 0 spiro atoms. The van der Waals surface area contributed by atoms with E-state index in [9.17, 15) is 10.2 Å². The first-order valence-electron chi connectivity index (χ1n) is 3.98. The first-order valence-corrected chi connectivity index (χ1v) is 3.98. The van der Waals surface area contributed by atoms with Gasteiger partial charge in [0.1, 0.15) is 17.3 Å². The van der Waals surface area contributed by atoms with Crippen molar-refractivity contribution < 1.29 is 35.7 Å². The molecule has 2 atom stereocenters. The van der Waals surface area contributed by atoms with Crippen molar-refractivity contribution in [3.63, 3.8) is 0 Å². The highest BCUT2D eigenvalue weighted by Gasteiger charge is 2.53. The van der Waals surface area contributed by atoms with Crippen molar-refractivity contribution in [3.05, 3.63) is 0 Å². The third kappa shape index (κ3) is 2.04. The lowest BCUT2D eigenvalue weighted by molar-refractivity contribution is -0.248. The lowest BCUT2D eigenvalue weighted by Gasteiger charge is -2.42. The molecule has 0 amide bonds. The minimum Gasteiger partial charge on any atom is -0.394 e. The second kappa shape index (κ2) is 4.99. The number of hydrogen-bond donors (Lipinski definition) is 7. The third-order valence-corrected chi connectivity index (χ3v) is 2.29. The summed E-state index contributed by atoms with van der Waals surface area (Å²) in [4.78, 5) is 0. The van der Waals surface area contributed by atoms with Gasteiger partial charge in [0, 0.05) is 0 Å². The van der Waals surface area contributed by atoms with E-state index in [0.29, 0.717) is 0 Å². The zero-order chi connectivity index (χ0) is 11.4. The van der Waals surface area contributed by atoms with Crippen LogP contribution in [0.5, 0.6) is 0 Å². The number of aliphatic hydroxyl groups excluding tert-OH is 5. The second-order valence-corrected chi connectivity index (χ2v) is 3.13. The third-order valence-electron chi connectivity index (χ3n) is 2.29. The van der Waals surface area contributed by atoms with Crippen molar-refractivity contribution in [2.45, 2.75) is 17.3 Å². The molecule has 86 valence electrons. The minimum absolute atomic E-state index is 0.931. The lowest BCUT2D eigenvalue weighted by Crippen LogP contribution is -2.68. The Morgan fingerprint density at radius 2 is 1.29 bits per heavy atom. The molecular formula is C7H16O7. The Morgan fingerprint density at radius 3 is 1.50 bits per heavy atom. The van der Waals surface area contributed by atoms with Crippen LogP contribution in [0, 0.1) is 0 Å². The van der Waals surface area contributed by atoms with E-state index in [0.717, 1.165) is 0 Å². The maximum Gasteiger partial charge on any atom is 0.149 e. The molecule has 0 saturated heterocycles. The lowest BCUT2D eigenvalue weighted by atomic mass is 9.80. The maximum absolute atomic E-state index is 9.58. The molecule has 0 aromatic rings. The molecule has 0 fully saturated rings. The molecule has 0 heterocycles. The maximum atomic E-state index is 9.58. The molecule has 14 heavy (non-hydrogen) atoms. The van der Waals surface area contributed by atoms with Gasteiger partial charge in [-0.15, -0.1) is 0 Å². The van der Waals surface area contributed by atoms with Gasteiger partial charge in [-0.05, 0) is 0 Å². The number of hydrogen-bond acceptors (Lipinski definition) is 7. The van der Waals surface area contributed by atoms with Crippen LogP contribution in [0.4, 0.5) is 0 Å². The van der Waals surface area contributed by atoms with Crippen LogP contribution in [0.25, 0.3) is 0 Å². The highest BCUT2D eigenvalue weighted by atomic mass is 16.4. The van der Waals surface area contributed by atoms with E-state index in [1.807, 2.05) is 0 Å². The summed E-state index contributed by atoms with van der Waals surface area (Å²) in [5.41, 5.74) is -5.06. The van der Waals surface area contributed by atoms with E-state index in [1.165, 1.54) is 0 Å². The van der Waals surface area contributed by atoms with Crippen LogP contribution in [-0.4, -0.2) is 79.5 Å². The zero-order valence-electron chi connectivity index (χ0n) is 7.54. The Bertz CT molecular complexity index is 169. The van der Waals surface area contributed by atoms with Gasteiger partial charge in [0.15, 0.2) is 0 Å². The largest absolute Gasteiger partial charge is 0.394 e. The first kappa shape index (κ1) is 13.7. The summed E-state index contributed by atoms with van der Waals surface area (Å²) < 4.78 is 0. The zero-order valence-corrected chi connectivity index (χ0v) is 7.54. The molecule has 0 aromatic carbocycles. The van der Waals surface area contributed by atoms with Crippen LogP contribution in [0.1, 0.15) is 0 Å². The van der Waals surface area contributed by atoms with Gasteiger partial charge in [0.05, 0.1) is 26.4 Å². The first-order chi connectivity index (χ1) is 6.41. The van der Waals surface area contributed by atoms with Gasteiger partial charge < -0.3 is 35.7 Å². The molecule has 0 aliphatic rings. The van der Waals surface area contributed by atoms with Crippen LogP contribution in [0.15, 0.2) is 0 Å². The van der Waals surface area contributed by atoms with Gasteiger partial charge in [0.2, 0.25) is 0 Å². The second-order valence-electron chi connectivity index (χ2n) is 3.13. The summed E-state index contributed by atoms with van der Waals surface area (Å²) in [6.07, 6.45) is -1.88. The van der Waals surface area contributed by atoms with Crippen molar-refractivity contribution in [1.29, 1.82) is 0 Å². The van der Waals surface area contributed by atoms with Crippen molar-refractivity contribution in [3.8, 4) is 0 Å². The molecule has 0 bridgehead atoms. The molecular weight excluding hydrogens is 196 g/mol. The summed E-state index contributed by atoms with van der Waals surface area (Å²) in [6, 6.07) is 0. The number of aliphatic hydroxyl groups is 7. The van der Waals surface area contributed by atoms with E-state index in [4.69, 9.17) is 25.5 Å². The molecule has 7 heteroatoms. The van der Waals surface area contributed by atoms with E-state index in [2.05, 4.69) is 0 Å². The Hall–Kier alpha value is -0.280. The molecule has 7 nitrogen and oxygen atoms in total. The molecule has 0 radical (unpaired) electrons. The smallest absolute Gasteiger partial charge is 0.149 e. The summed E-state index contributed by atoms with van der Waals surface area (Å²) in [5.74, 6) is 0. The van der Waals surface area contributed by atoms with Gasteiger partial charge in [-0.25, -0.2) is 0 Å². The fourth-order valence-electron chi connectivity index (χ4n) is 1.04. The average Bonchev–Trinajstić information content (AvgIpc) is 2.25. The summed E-state index contributed by atoms with van der Waals surface area (Å²) in [5, 5.41) is 63.0. The van der Waals surface area contributed by atoms with E-state index in [1.54, 1.807) is 0 Å². The molecule has 0 aromatic heterocycles. The Balaban J connectivity index is 4.99. The van der Waals surface area contributed by atoms with E-state index >= 15 is 0 Å². The molecule has 7 N–H and O–H groups in total. The molecule has 2 unspecified atom stereocenters. The van der Waals surface area contributed by atoms with Crippen LogP contribution in [0.3, 0.4) is 0 Å². The van der Waals surface area contributed by atoms with E-state index < -0.39 is 43.7 Å². The monoisotopic (exact) mass is 212 g/mol. The van der Waals surface area contributed by atoms with Gasteiger partial charge in [-0.1, -0.05) is 0 Å². The van der Waals surface area contributed by atoms with Gasteiger partial charge in [0.25, 0.3) is 0 Å². The van der Waals surface area contributed by atoms with Crippen LogP contribution in [0.2, 0.25) is 0 Å². The summed E-state index contributed by atoms with van der Waals surface area (Å²) >= 11 is 0. The molecule has 0 aliphatic carbocycles. The SMILES string of the molecule is OCC(O)C(O)(CO)C(O)(CO)CO. The summed E-state index contributed by atoms with van der Waals surface area (Å²) in [6.45, 7) is -4.19. The summed E-state index contributed by atoms with van der Waals surface area (Å²) in [7, 11) is 0. The number of rotatable bonds is 6. The quantitative estimate of drug-likeness (QED) is 0.236. The Kier molecular flexibility index (Phi) is 4.89. The highest BCUT2D eigenvalue weighted by molar-refractivity contribution is 5.03. The highest BCUT2D eigenvalue weighted by Crippen LogP contribution is 2.25. The van der Waals surface area contributed by atoms with Crippen molar-refractivity contribution in [2.75, 3.05) is 26.4 Å². The molecule has 0 saturated carbocycles. The van der Waals surface area contributed by atoms with Crippen molar-refractivity contribution in [1.82, 2.24) is 0 Å². The predicted molar refractivity (Wildman–Crippen MR) is 44.2 cm³/mol. The fraction of sp³-hybridized carbons (Fsp3) is 1.00. The van der Waals surface area contributed by atoms with Crippen LogP contribution in [-0.2, 0) is 0 Å².